The minimum atomic E-state index is -0.527. The smallest absolute Gasteiger partial charge is 0.257 e. The van der Waals surface area contributed by atoms with Crippen molar-refractivity contribution in [3.05, 3.63) is 57.3 Å². The van der Waals surface area contributed by atoms with Crippen molar-refractivity contribution in [3.63, 3.8) is 0 Å². The quantitative estimate of drug-likeness (QED) is 0.745. The molecule has 0 aromatic heterocycles. The van der Waals surface area contributed by atoms with Gasteiger partial charge in [-0.25, -0.2) is 4.39 Å². The zero-order valence-electron chi connectivity index (χ0n) is 12.9. The van der Waals surface area contributed by atoms with E-state index in [2.05, 4.69) is 17.5 Å². The van der Waals surface area contributed by atoms with Crippen molar-refractivity contribution in [2.24, 2.45) is 5.73 Å². The van der Waals surface area contributed by atoms with Crippen molar-refractivity contribution in [2.75, 3.05) is 7.11 Å². The lowest BCUT2D eigenvalue weighted by Crippen LogP contribution is -2.34. The van der Waals surface area contributed by atoms with Crippen molar-refractivity contribution < 1.29 is 18.7 Å². The fraction of sp³-hybridized carbons (Fsp3) is 0.125. The minimum absolute atomic E-state index is 0.0353. The van der Waals surface area contributed by atoms with Gasteiger partial charge < -0.3 is 15.2 Å². The Hall–Kier alpha value is -2.09. The first-order valence-electron chi connectivity index (χ1n) is 6.87. The number of methoxy groups -OCH3 is 1. The van der Waals surface area contributed by atoms with Crippen molar-refractivity contribution in [1.82, 2.24) is 5.32 Å². The third kappa shape index (κ3) is 4.94. The molecule has 0 bridgehead atoms. The molecule has 3 N–H and O–H groups in total. The van der Waals surface area contributed by atoms with Crippen LogP contribution in [0.25, 0.3) is 0 Å². The summed E-state index contributed by atoms with van der Waals surface area (Å²) in [6, 6.07) is 6.78. The molecule has 0 unspecified atom stereocenters. The number of amides is 1. The molecular weight excluding hydrogens is 390 g/mol. The summed E-state index contributed by atoms with van der Waals surface area (Å²) in [6.07, 6.45) is 0. The van der Waals surface area contributed by atoms with Crippen LogP contribution in [0, 0.1) is 5.82 Å². The molecule has 132 valence electrons. The zero-order valence-corrected chi connectivity index (χ0v) is 15.3. The topological polar surface area (TPSA) is 73.6 Å². The van der Waals surface area contributed by atoms with Crippen LogP contribution < -0.4 is 20.5 Å². The fourth-order valence-corrected chi connectivity index (χ4v) is 2.54. The summed E-state index contributed by atoms with van der Waals surface area (Å²) in [5, 5.41) is 2.50. The normalized spacial score (nSPS) is 10.2. The van der Waals surface area contributed by atoms with E-state index in [1.165, 1.54) is 37.4 Å². The van der Waals surface area contributed by atoms with E-state index in [1.54, 1.807) is 0 Å². The van der Waals surface area contributed by atoms with Crippen molar-refractivity contribution >= 4 is 46.4 Å². The van der Waals surface area contributed by atoms with Gasteiger partial charge in [-0.15, -0.1) is 0 Å². The molecule has 0 spiro atoms. The number of nitrogens with two attached hydrogens (primary N) is 1. The molecule has 0 saturated heterocycles. The van der Waals surface area contributed by atoms with E-state index in [0.717, 1.165) is 0 Å². The van der Waals surface area contributed by atoms with Crippen LogP contribution in [0.1, 0.15) is 15.9 Å². The average Bonchev–Trinajstić information content (AvgIpc) is 2.53. The molecule has 25 heavy (non-hydrogen) atoms. The molecule has 0 fully saturated rings. The highest BCUT2D eigenvalue weighted by atomic mass is 35.5. The molecule has 0 radical (unpaired) electrons. The summed E-state index contributed by atoms with van der Waals surface area (Å²) >= 11 is 16.8. The van der Waals surface area contributed by atoms with Crippen LogP contribution in [0.4, 0.5) is 4.39 Å². The first-order chi connectivity index (χ1) is 11.8. The monoisotopic (exact) mass is 402 g/mol. The third-order valence-electron chi connectivity index (χ3n) is 3.12. The molecule has 0 aliphatic heterocycles. The van der Waals surface area contributed by atoms with E-state index in [4.69, 9.17) is 38.4 Å². The summed E-state index contributed by atoms with van der Waals surface area (Å²) in [5.41, 5.74) is 6.04. The Morgan fingerprint density at radius 1 is 1.28 bits per heavy atom. The van der Waals surface area contributed by atoms with Gasteiger partial charge in [0.2, 0.25) is 0 Å². The summed E-state index contributed by atoms with van der Waals surface area (Å²) in [4.78, 5) is 12.0. The summed E-state index contributed by atoms with van der Waals surface area (Å²) < 4.78 is 23.9. The first kappa shape index (κ1) is 19.2. The molecule has 2 aromatic rings. The lowest BCUT2D eigenvalue weighted by molar-refractivity contribution is 0.0977. The Bertz CT molecular complexity index is 833. The zero-order chi connectivity index (χ0) is 18.6. The highest BCUT2D eigenvalue weighted by Crippen LogP contribution is 2.37. The second-order valence-corrected chi connectivity index (χ2v) is 6.09. The minimum Gasteiger partial charge on any atom is -0.493 e. The van der Waals surface area contributed by atoms with Crippen LogP contribution >= 0.6 is 35.4 Å². The maximum atomic E-state index is 13.1. The van der Waals surface area contributed by atoms with Crippen LogP contribution in [0.3, 0.4) is 0 Å². The second-order valence-electron chi connectivity index (χ2n) is 4.83. The van der Waals surface area contributed by atoms with E-state index >= 15 is 0 Å². The Morgan fingerprint density at radius 3 is 2.60 bits per heavy atom. The van der Waals surface area contributed by atoms with Gasteiger partial charge in [-0.2, -0.15) is 0 Å². The van der Waals surface area contributed by atoms with Gasteiger partial charge in [0, 0.05) is 11.1 Å². The fourth-order valence-electron chi connectivity index (χ4n) is 1.96. The molecule has 2 aromatic carbocycles. The Labute approximate surface area is 158 Å². The molecular formula is C16H13Cl2FN2O3S. The number of carbonyl (C=O) groups is 1. The number of carbonyl (C=O) groups excluding carboxylic acids is 1. The van der Waals surface area contributed by atoms with Crippen molar-refractivity contribution in [3.8, 4) is 11.5 Å². The number of rotatable bonds is 5. The van der Waals surface area contributed by atoms with Gasteiger partial charge in [0.25, 0.3) is 5.91 Å². The molecule has 0 aliphatic carbocycles. The predicted octanol–water partition coefficient (Wildman–Crippen LogP) is 3.69. The van der Waals surface area contributed by atoms with Gasteiger partial charge in [0.1, 0.15) is 12.4 Å². The standard InChI is InChI=1S/C16H13Cl2FN2O3S/c1-23-13-5-9(15(22)21-16(20)25)4-12(18)14(13)24-7-8-2-3-10(19)6-11(8)17/h2-6H,7H2,1H3,(H3,20,21,22,25). The van der Waals surface area contributed by atoms with Gasteiger partial charge in [0.15, 0.2) is 16.6 Å². The second kappa shape index (κ2) is 8.33. The van der Waals surface area contributed by atoms with Gasteiger partial charge in [-0.1, -0.05) is 29.3 Å². The maximum absolute atomic E-state index is 13.1. The number of hydrogen-bond acceptors (Lipinski definition) is 4. The lowest BCUT2D eigenvalue weighted by Gasteiger charge is -2.14. The summed E-state index contributed by atoms with van der Waals surface area (Å²) in [6.45, 7) is 0.0353. The number of benzene rings is 2. The van der Waals surface area contributed by atoms with Gasteiger partial charge in [-0.3, -0.25) is 10.1 Å². The van der Waals surface area contributed by atoms with Crippen LogP contribution in [-0.2, 0) is 6.61 Å². The van der Waals surface area contributed by atoms with Crippen LogP contribution in [0.5, 0.6) is 11.5 Å². The van der Waals surface area contributed by atoms with E-state index in [1.807, 2.05) is 0 Å². The largest absolute Gasteiger partial charge is 0.493 e. The highest BCUT2D eigenvalue weighted by molar-refractivity contribution is 7.80. The van der Waals surface area contributed by atoms with Gasteiger partial charge >= 0.3 is 0 Å². The van der Waals surface area contributed by atoms with Gasteiger partial charge in [-0.05, 0) is 36.5 Å². The molecule has 0 saturated carbocycles. The predicted molar refractivity (Wildman–Crippen MR) is 98.0 cm³/mol. The number of thiocarbonyl (C=S) groups is 1. The molecule has 0 aliphatic rings. The Balaban J connectivity index is 2.25. The van der Waals surface area contributed by atoms with Crippen molar-refractivity contribution in [2.45, 2.75) is 6.61 Å². The SMILES string of the molecule is COc1cc(C(=O)NC(N)=S)cc(Cl)c1OCc1ccc(F)cc1Cl. The molecule has 9 heteroatoms. The molecule has 0 heterocycles. The number of ether oxygens (including phenoxy) is 2. The molecule has 2 rings (SSSR count). The van der Waals surface area contributed by atoms with E-state index in [9.17, 15) is 9.18 Å². The van der Waals surface area contributed by atoms with Crippen LogP contribution in [0.2, 0.25) is 10.0 Å². The third-order valence-corrected chi connectivity index (χ3v) is 3.85. The average molecular weight is 403 g/mol. The lowest BCUT2D eigenvalue weighted by atomic mass is 10.2. The molecule has 1 amide bonds. The van der Waals surface area contributed by atoms with E-state index in [-0.39, 0.29) is 38.8 Å². The molecule has 5 nitrogen and oxygen atoms in total. The van der Waals surface area contributed by atoms with Gasteiger partial charge in [0.05, 0.1) is 17.2 Å². The van der Waals surface area contributed by atoms with E-state index in [0.29, 0.717) is 5.56 Å². The Morgan fingerprint density at radius 2 is 2.00 bits per heavy atom. The molecule has 0 atom stereocenters. The summed E-state index contributed by atoms with van der Waals surface area (Å²) in [5.74, 6) is -0.520. The highest BCUT2D eigenvalue weighted by Gasteiger charge is 2.17. The first-order valence-corrected chi connectivity index (χ1v) is 8.03. The number of hydrogen-bond donors (Lipinski definition) is 2. The Kier molecular flexibility index (Phi) is 6.41. The van der Waals surface area contributed by atoms with E-state index < -0.39 is 11.7 Å². The van der Waals surface area contributed by atoms with Crippen LogP contribution in [0.15, 0.2) is 30.3 Å². The van der Waals surface area contributed by atoms with Crippen molar-refractivity contribution in [1.29, 1.82) is 0 Å². The number of nitrogens with one attached hydrogen (secondary N) is 1. The number of halogens is 3. The van der Waals surface area contributed by atoms with Crippen LogP contribution in [-0.4, -0.2) is 18.1 Å². The maximum Gasteiger partial charge on any atom is 0.257 e. The summed E-state index contributed by atoms with van der Waals surface area (Å²) in [7, 11) is 1.40.